The summed E-state index contributed by atoms with van der Waals surface area (Å²) in [4.78, 5) is 20.8. The molecule has 0 fully saturated rings. The summed E-state index contributed by atoms with van der Waals surface area (Å²) < 4.78 is 1.61. The van der Waals surface area contributed by atoms with Gasteiger partial charge in [0.2, 0.25) is 0 Å². The van der Waals surface area contributed by atoms with Crippen molar-refractivity contribution in [2.75, 3.05) is 12.4 Å². The number of para-hydroxylation sites is 1. The number of fused-ring (bicyclic) bond motifs is 1. The number of benzene rings is 1. The largest absolute Gasteiger partial charge is 0.373 e. The maximum atomic E-state index is 12.4. The fourth-order valence-electron chi connectivity index (χ4n) is 2.12. The van der Waals surface area contributed by atoms with Crippen LogP contribution in [0, 0.1) is 0 Å². The van der Waals surface area contributed by atoms with Gasteiger partial charge in [-0.05, 0) is 29.8 Å². The molecule has 3 rings (SSSR count). The number of rotatable bonds is 3. The molecule has 100 valence electrons. The van der Waals surface area contributed by atoms with E-state index >= 15 is 0 Å². The average molecular weight is 266 g/mol. The number of hydrogen-bond acceptors (Lipinski definition) is 4. The SMILES string of the molecule is CNc1cc(Cn2cnc3ccccc3c2=O)ccn1. The minimum atomic E-state index is -0.0292. The van der Waals surface area contributed by atoms with E-state index in [-0.39, 0.29) is 5.56 Å². The third-order valence-electron chi connectivity index (χ3n) is 3.16. The van der Waals surface area contributed by atoms with Gasteiger partial charge < -0.3 is 5.32 Å². The van der Waals surface area contributed by atoms with Gasteiger partial charge in [-0.25, -0.2) is 9.97 Å². The highest BCUT2D eigenvalue weighted by Crippen LogP contribution is 2.09. The molecule has 1 aromatic carbocycles. The number of pyridine rings is 1. The van der Waals surface area contributed by atoms with Gasteiger partial charge in [0.15, 0.2) is 0 Å². The second kappa shape index (κ2) is 5.13. The van der Waals surface area contributed by atoms with Crippen molar-refractivity contribution in [2.24, 2.45) is 0 Å². The lowest BCUT2D eigenvalue weighted by molar-refractivity contribution is 0.747. The van der Waals surface area contributed by atoms with Gasteiger partial charge in [0.1, 0.15) is 5.82 Å². The molecule has 0 radical (unpaired) electrons. The van der Waals surface area contributed by atoms with Gasteiger partial charge in [-0.15, -0.1) is 0 Å². The van der Waals surface area contributed by atoms with E-state index in [1.807, 2.05) is 37.4 Å². The summed E-state index contributed by atoms with van der Waals surface area (Å²) >= 11 is 0. The molecule has 3 aromatic rings. The van der Waals surface area contributed by atoms with Crippen molar-refractivity contribution < 1.29 is 0 Å². The van der Waals surface area contributed by atoms with E-state index in [1.54, 1.807) is 23.2 Å². The van der Waals surface area contributed by atoms with Crippen molar-refractivity contribution in [3.63, 3.8) is 0 Å². The van der Waals surface area contributed by atoms with Gasteiger partial charge in [0.05, 0.1) is 23.8 Å². The highest BCUT2D eigenvalue weighted by Gasteiger charge is 2.04. The summed E-state index contributed by atoms with van der Waals surface area (Å²) in [6.45, 7) is 0.480. The van der Waals surface area contributed by atoms with E-state index in [0.717, 1.165) is 16.9 Å². The first-order valence-electron chi connectivity index (χ1n) is 6.35. The van der Waals surface area contributed by atoms with Crippen LogP contribution >= 0.6 is 0 Å². The molecule has 0 saturated heterocycles. The molecular formula is C15H14N4O. The van der Waals surface area contributed by atoms with Crippen molar-refractivity contribution in [1.82, 2.24) is 14.5 Å². The van der Waals surface area contributed by atoms with Crippen molar-refractivity contribution in [3.05, 3.63) is 64.8 Å². The molecule has 5 heteroatoms. The van der Waals surface area contributed by atoms with E-state index < -0.39 is 0 Å². The number of hydrogen-bond donors (Lipinski definition) is 1. The molecule has 0 bridgehead atoms. The Morgan fingerprint density at radius 2 is 2.05 bits per heavy atom. The molecule has 5 nitrogen and oxygen atoms in total. The first kappa shape index (κ1) is 12.3. The Morgan fingerprint density at radius 3 is 2.90 bits per heavy atom. The topological polar surface area (TPSA) is 59.8 Å². The van der Waals surface area contributed by atoms with E-state index in [0.29, 0.717) is 11.9 Å². The lowest BCUT2D eigenvalue weighted by atomic mass is 10.2. The van der Waals surface area contributed by atoms with Gasteiger partial charge in [-0.1, -0.05) is 12.1 Å². The summed E-state index contributed by atoms with van der Waals surface area (Å²) in [7, 11) is 1.82. The van der Waals surface area contributed by atoms with Gasteiger partial charge in [-0.3, -0.25) is 9.36 Å². The molecule has 0 aliphatic carbocycles. The third kappa shape index (κ3) is 2.25. The van der Waals surface area contributed by atoms with E-state index in [1.165, 1.54) is 0 Å². The quantitative estimate of drug-likeness (QED) is 0.786. The molecule has 2 aromatic heterocycles. The first-order valence-corrected chi connectivity index (χ1v) is 6.35. The average Bonchev–Trinajstić information content (AvgIpc) is 2.50. The summed E-state index contributed by atoms with van der Waals surface area (Å²) in [5, 5.41) is 3.62. The molecule has 1 N–H and O–H groups in total. The first-order chi connectivity index (χ1) is 9.78. The molecule has 20 heavy (non-hydrogen) atoms. The Labute approximate surface area is 115 Å². The minimum absolute atomic E-state index is 0.0292. The van der Waals surface area contributed by atoms with Crippen LogP contribution in [0.1, 0.15) is 5.56 Å². The zero-order valence-corrected chi connectivity index (χ0v) is 11.1. The predicted molar refractivity (Wildman–Crippen MR) is 78.9 cm³/mol. The Kier molecular flexibility index (Phi) is 3.16. The maximum absolute atomic E-state index is 12.4. The number of anilines is 1. The maximum Gasteiger partial charge on any atom is 0.261 e. The van der Waals surface area contributed by atoms with Crippen LogP contribution in [0.3, 0.4) is 0 Å². The summed E-state index contributed by atoms with van der Waals surface area (Å²) in [5.41, 5.74) is 1.70. The molecule has 0 unspecified atom stereocenters. The Balaban J connectivity index is 2.02. The molecule has 0 spiro atoms. The van der Waals surface area contributed by atoms with Crippen LogP contribution in [0.15, 0.2) is 53.7 Å². The molecule has 0 aliphatic rings. The van der Waals surface area contributed by atoms with Crippen LogP contribution in [0.25, 0.3) is 10.9 Å². The summed E-state index contributed by atoms with van der Waals surface area (Å²) in [6.07, 6.45) is 3.31. The normalized spacial score (nSPS) is 10.7. The summed E-state index contributed by atoms with van der Waals surface area (Å²) in [5.74, 6) is 0.782. The van der Waals surface area contributed by atoms with Crippen molar-refractivity contribution in [1.29, 1.82) is 0 Å². The van der Waals surface area contributed by atoms with E-state index in [9.17, 15) is 4.79 Å². The second-order valence-corrected chi connectivity index (χ2v) is 4.49. The van der Waals surface area contributed by atoms with E-state index in [2.05, 4.69) is 15.3 Å². The Morgan fingerprint density at radius 1 is 1.20 bits per heavy atom. The van der Waals surface area contributed by atoms with Crippen LogP contribution < -0.4 is 10.9 Å². The smallest absolute Gasteiger partial charge is 0.261 e. The van der Waals surface area contributed by atoms with Crippen LogP contribution in [-0.4, -0.2) is 21.6 Å². The number of nitrogens with zero attached hydrogens (tertiary/aromatic N) is 3. The number of nitrogens with one attached hydrogen (secondary N) is 1. The highest BCUT2D eigenvalue weighted by atomic mass is 16.1. The fourth-order valence-corrected chi connectivity index (χ4v) is 2.12. The van der Waals surface area contributed by atoms with Gasteiger partial charge >= 0.3 is 0 Å². The van der Waals surface area contributed by atoms with Gasteiger partial charge in [0.25, 0.3) is 5.56 Å². The summed E-state index contributed by atoms with van der Waals surface area (Å²) in [6, 6.07) is 11.2. The molecule has 0 atom stereocenters. The molecule has 0 aliphatic heterocycles. The second-order valence-electron chi connectivity index (χ2n) is 4.49. The van der Waals surface area contributed by atoms with Crippen LogP contribution in [0.2, 0.25) is 0 Å². The predicted octanol–water partition coefficient (Wildman–Crippen LogP) is 1.88. The van der Waals surface area contributed by atoms with Crippen molar-refractivity contribution >= 4 is 16.7 Å². The van der Waals surface area contributed by atoms with Crippen LogP contribution in [0.4, 0.5) is 5.82 Å². The van der Waals surface area contributed by atoms with Gasteiger partial charge in [0, 0.05) is 13.2 Å². The number of aromatic nitrogens is 3. The molecule has 2 heterocycles. The van der Waals surface area contributed by atoms with Crippen molar-refractivity contribution in [3.8, 4) is 0 Å². The Bertz CT molecular complexity index is 810. The van der Waals surface area contributed by atoms with Crippen LogP contribution in [0.5, 0.6) is 0 Å². The molecule has 0 saturated carbocycles. The molecule has 0 amide bonds. The zero-order chi connectivity index (χ0) is 13.9. The molecular weight excluding hydrogens is 252 g/mol. The highest BCUT2D eigenvalue weighted by molar-refractivity contribution is 5.76. The zero-order valence-electron chi connectivity index (χ0n) is 11.1. The lowest BCUT2D eigenvalue weighted by Gasteiger charge is -2.07. The third-order valence-corrected chi connectivity index (χ3v) is 3.16. The fraction of sp³-hybridized carbons (Fsp3) is 0.133. The lowest BCUT2D eigenvalue weighted by Crippen LogP contribution is -2.21. The van der Waals surface area contributed by atoms with Crippen molar-refractivity contribution in [2.45, 2.75) is 6.54 Å². The van der Waals surface area contributed by atoms with Crippen LogP contribution in [-0.2, 0) is 6.54 Å². The monoisotopic (exact) mass is 266 g/mol. The standard InChI is InChI=1S/C15H14N4O/c1-16-14-8-11(6-7-17-14)9-19-10-18-13-5-3-2-4-12(13)15(19)20/h2-8,10H,9H2,1H3,(H,16,17). The minimum Gasteiger partial charge on any atom is -0.373 e. The van der Waals surface area contributed by atoms with E-state index in [4.69, 9.17) is 0 Å². The Hall–Kier alpha value is -2.69. The van der Waals surface area contributed by atoms with Gasteiger partial charge in [-0.2, -0.15) is 0 Å².